The Balaban J connectivity index is 2.31. The largest absolute Gasteiger partial charge is 0.478 e. The average Bonchev–Trinajstić information content (AvgIpc) is 3.12. The van der Waals surface area contributed by atoms with E-state index >= 15 is 0 Å². The predicted octanol–water partition coefficient (Wildman–Crippen LogP) is 2.16. The van der Waals surface area contributed by atoms with Gasteiger partial charge in [0.15, 0.2) is 0 Å². The first-order valence-electron chi connectivity index (χ1n) is 9.70. The SMILES string of the molecule is CCc1c(C(=O)O)cc(NC(=O)NC)nc1NC(=O)NS(=O)(=O)c1cc(C)c(CCOC)s1. The second-order valence-corrected chi connectivity index (χ2v) is 9.77. The van der Waals surface area contributed by atoms with E-state index in [4.69, 9.17) is 4.74 Å². The van der Waals surface area contributed by atoms with E-state index in [1.165, 1.54) is 13.1 Å². The number of urea groups is 2. The van der Waals surface area contributed by atoms with Crippen molar-refractivity contribution in [2.45, 2.75) is 30.9 Å². The van der Waals surface area contributed by atoms with Crippen LogP contribution in [0.3, 0.4) is 0 Å². The van der Waals surface area contributed by atoms with Crippen molar-refractivity contribution in [3.63, 3.8) is 0 Å². The average molecular weight is 500 g/mol. The number of carboxylic acid groups (broad SMARTS) is 1. The second-order valence-electron chi connectivity index (χ2n) is 6.72. The van der Waals surface area contributed by atoms with E-state index < -0.39 is 28.1 Å². The summed E-state index contributed by atoms with van der Waals surface area (Å²) in [6.07, 6.45) is 0.700. The van der Waals surface area contributed by atoms with Gasteiger partial charge in [-0.15, -0.1) is 11.3 Å². The fourth-order valence-electron chi connectivity index (χ4n) is 2.84. The number of carbonyl (C=O) groups excluding carboxylic acids is 2. The molecule has 0 fully saturated rings. The van der Waals surface area contributed by atoms with Crippen LogP contribution in [0.15, 0.2) is 16.3 Å². The molecule has 0 atom stereocenters. The molecule has 2 rings (SSSR count). The molecule has 0 radical (unpaired) electrons. The van der Waals surface area contributed by atoms with Crippen molar-refractivity contribution >= 4 is 51.0 Å². The maximum absolute atomic E-state index is 12.7. The Morgan fingerprint density at radius 3 is 2.45 bits per heavy atom. The molecule has 0 aliphatic carbocycles. The Kier molecular flexibility index (Phi) is 8.73. The number of thiophene rings is 1. The summed E-state index contributed by atoms with van der Waals surface area (Å²) in [5.74, 6) is -1.64. The summed E-state index contributed by atoms with van der Waals surface area (Å²) in [7, 11) is -1.29. The standard InChI is InChI=1S/C19H25N5O7S2/c1-5-11-12(17(25)26)9-14(22-18(27)20-3)21-16(11)23-19(28)24-33(29,30)15-8-10(2)13(32-15)6-7-31-4/h8-9H,5-7H2,1-4H3,(H,25,26)(H4,20,21,22,23,24,27,28). The van der Waals surface area contributed by atoms with Crippen molar-refractivity contribution in [2.75, 3.05) is 31.4 Å². The number of hydrogen-bond donors (Lipinski definition) is 5. The number of hydrogen-bond acceptors (Lipinski definition) is 8. The number of ether oxygens (including phenoxy) is 1. The number of nitrogens with zero attached hydrogens (tertiary/aromatic N) is 1. The van der Waals surface area contributed by atoms with Gasteiger partial charge in [-0.3, -0.25) is 10.6 Å². The van der Waals surface area contributed by atoms with Crippen molar-refractivity contribution in [2.24, 2.45) is 0 Å². The highest BCUT2D eigenvalue weighted by molar-refractivity contribution is 7.92. The number of carbonyl (C=O) groups is 3. The molecule has 0 aromatic carbocycles. The van der Waals surface area contributed by atoms with Crippen LogP contribution in [0.2, 0.25) is 0 Å². The molecule has 33 heavy (non-hydrogen) atoms. The number of anilines is 2. The number of amides is 4. The molecule has 0 saturated heterocycles. The Morgan fingerprint density at radius 2 is 1.88 bits per heavy atom. The highest BCUT2D eigenvalue weighted by Gasteiger charge is 2.24. The van der Waals surface area contributed by atoms with Crippen LogP contribution in [0.25, 0.3) is 0 Å². The van der Waals surface area contributed by atoms with E-state index in [0.29, 0.717) is 13.0 Å². The predicted molar refractivity (Wildman–Crippen MR) is 123 cm³/mol. The number of rotatable bonds is 9. The molecule has 180 valence electrons. The van der Waals surface area contributed by atoms with Crippen LogP contribution in [-0.2, 0) is 27.6 Å². The van der Waals surface area contributed by atoms with E-state index in [1.807, 2.05) is 4.72 Å². The van der Waals surface area contributed by atoms with Gasteiger partial charge in [0.05, 0.1) is 12.2 Å². The summed E-state index contributed by atoms with van der Waals surface area (Å²) in [6.45, 7) is 3.83. The van der Waals surface area contributed by atoms with E-state index in [9.17, 15) is 27.9 Å². The normalized spacial score (nSPS) is 11.0. The van der Waals surface area contributed by atoms with Crippen molar-refractivity contribution < 1.29 is 32.6 Å². The monoisotopic (exact) mass is 499 g/mol. The van der Waals surface area contributed by atoms with Gasteiger partial charge in [0.1, 0.15) is 15.8 Å². The minimum atomic E-state index is -4.19. The first-order chi connectivity index (χ1) is 15.5. The van der Waals surface area contributed by atoms with Gasteiger partial charge in [0.25, 0.3) is 10.0 Å². The number of pyridine rings is 1. The Morgan fingerprint density at radius 1 is 1.18 bits per heavy atom. The van der Waals surface area contributed by atoms with Gasteiger partial charge in [0.2, 0.25) is 0 Å². The smallest absolute Gasteiger partial charge is 0.336 e. The lowest BCUT2D eigenvalue weighted by Gasteiger charge is -2.14. The molecule has 0 bridgehead atoms. The van der Waals surface area contributed by atoms with Crippen molar-refractivity contribution in [3.05, 3.63) is 33.7 Å². The fraction of sp³-hybridized carbons (Fsp3) is 0.368. The van der Waals surface area contributed by atoms with Crippen LogP contribution in [0.1, 0.15) is 33.3 Å². The van der Waals surface area contributed by atoms with Crippen molar-refractivity contribution in [1.82, 2.24) is 15.0 Å². The molecule has 0 aliphatic heterocycles. The number of nitrogens with one attached hydrogen (secondary N) is 4. The molecule has 2 aromatic rings. The van der Waals surface area contributed by atoms with E-state index in [1.54, 1.807) is 21.0 Å². The van der Waals surface area contributed by atoms with Crippen LogP contribution < -0.4 is 20.7 Å². The zero-order valence-corrected chi connectivity index (χ0v) is 20.1. The first kappa shape index (κ1) is 26.0. The maximum Gasteiger partial charge on any atom is 0.336 e. The molecule has 2 aromatic heterocycles. The summed E-state index contributed by atoms with van der Waals surface area (Å²) in [5, 5.41) is 16.4. The van der Waals surface area contributed by atoms with Crippen molar-refractivity contribution in [1.29, 1.82) is 0 Å². The maximum atomic E-state index is 12.7. The number of sulfonamides is 1. The summed E-state index contributed by atoms with van der Waals surface area (Å²) in [4.78, 5) is 40.6. The highest BCUT2D eigenvalue weighted by atomic mass is 32.2. The summed E-state index contributed by atoms with van der Waals surface area (Å²) in [5.41, 5.74) is 0.715. The number of carboxylic acids is 1. The minimum absolute atomic E-state index is 0.0498. The van der Waals surface area contributed by atoms with Gasteiger partial charge in [-0.2, -0.15) is 0 Å². The van der Waals surface area contributed by atoms with Gasteiger partial charge in [-0.25, -0.2) is 32.5 Å². The second kappa shape index (κ2) is 11.1. The van der Waals surface area contributed by atoms with Gasteiger partial charge in [-0.05, 0) is 31.0 Å². The third-order valence-corrected chi connectivity index (χ3v) is 7.53. The molecule has 0 unspecified atom stereocenters. The van der Waals surface area contributed by atoms with E-state index in [2.05, 4.69) is 20.9 Å². The van der Waals surface area contributed by atoms with E-state index in [-0.39, 0.29) is 33.4 Å². The molecule has 0 saturated carbocycles. The molecular weight excluding hydrogens is 474 g/mol. The lowest BCUT2D eigenvalue weighted by atomic mass is 10.1. The molecule has 4 amide bonds. The summed E-state index contributed by atoms with van der Waals surface area (Å²) < 4.78 is 32.2. The van der Waals surface area contributed by atoms with Gasteiger partial charge in [0, 0.05) is 31.0 Å². The lowest BCUT2D eigenvalue weighted by Crippen LogP contribution is -2.35. The third kappa shape index (κ3) is 6.63. The topological polar surface area (TPSA) is 176 Å². The molecular formula is C19H25N5O7S2. The lowest BCUT2D eigenvalue weighted by molar-refractivity contribution is 0.0695. The highest BCUT2D eigenvalue weighted by Crippen LogP contribution is 2.27. The van der Waals surface area contributed by atoms with Crippen LogP contribution in [0, 0.1) is 6.92 Å². The quantitative estimate of drug-likeness (QED) is 0.349. The zero-order chi connectivity index (χ0) is 24.8. The van der Waals surface area contributed by atoms with Crippen LogP contribution in [-0.4, -0.2) is 57.3 Å². The minimum Gasteiger partial charge on any atom is -0.478 e. The van der Waals surface area contributed by atoms with Crippen LogP contribution >= 0.6 is 11.3 Å². The molecule has 5 N–H and O–H groups in total. The molecule has 14 heteroatoms. The number of aromatic nitrogens is 1. The van der Waals surface area contributed by atoms with Crippen molar-refractivity contribution in [3.8, 4) is 0 Å². The molecule has 2 heterocycles. The van der Waals surface area contributed by atoms with Gasteiger partial charge < -0.3 is 15.2 Å². The van der Waals surface area contributed by atoms with Crippen LogP contribution in [0.4, 0.5) is 21.2 Å². The summed E-state index contributed by atoms with van der Waals surface area (Å²) >= 11 is 1.02. The summed E-state index contributed by atoms with van der Waals surface area (Å²) in [6, 6.07) is 0.817. The molecule has 0 aliphatic rings. The Bertz CT molecular complexity index is 1160. The molecule has 0 spiro atoms. The van der Waals surface area contributed by atoms with Crippen LogP contribution in [0.5, 0.6) is 0 Å². The number of aryl methyl sites for hydroxylation is 1. The zero-order valence-electron chi connectivity index (χ0n) is 18.4. The Labute approximate surface area is 194 Å². The first-order valence-corrected chi connectivity index (χ1v) is 12.0. The van der Waals surface area contributed by atoms with E-state index in [0.717, 1.165) is 27.8 Å². The fourth-order valence-corrected chi connectivity index (χ4v) is 5.31. The number of methoxy groups -OCH3 is 1. The number of aromatic carboxylic acids is 1. The Hall–Kier alpha value is -3.23. The third-order valence-electron chi connectivity index (χ3n) is 4.43. The van der Waals surface area contributed by atoms with Gasteiger partial charge in [-0.1, -0.05) is 6.92 Å². The molecule has 12 nitrogen and oxygen atoms in total. The van der Waals surface area contributed by atoms with Gasteiger partial charge >= 0.3 is 18.0 Å².